The number of hydrogen-bond donors (Lipinski definition) is 2. The molecule has 0 saturated carbocycles. The van der Waals surface area contributed by atoms with Crippen LogP contribution in [0.5, 0.6) is 0 Å². The maximum absolute atomic E-state index is 13.2. The number of nitrogens with two attached hydrogens (primary N) is 1. The van der Waals surface area contributed by atoms with E-state index in [1.54, 1.807) is 54.6 Å². The van der Waals surface area contributed by atoms with E-state index in [-0.39, 0.29) is 22.5 Å². The molecule has 2 aliphatic rings. The smallest absolute Gasteiger partial charge is 0.263 e. The molecule has 8 nitrogen and oxygen atoms in total. The predicted molar refractivity (Wildman–Crippen MR) is 148 cm³/mol. The topological polar surface area (TPSA) is 105 Å². The molecule has 0 aliphatic carbocycles. The maximum Gasteiger partial charge on any atom is 0.263 e. The molecule has 2 saturated heterocycles. The van der Waals surface area contributed by atoms with E-state index in [9.17, 15) is 13.2 Å². The average Bonchev–Trinajstić information content (AvgIpc) is 2.88. The molecule has 2 aromatic carbocycles. The molecule has 0 aromatic heterocycles. The summed E-state index contributed by atoms with van der Waals surface area (Å²) in [5.74, 6) is -0.0542. The fourth-order valence-electron chi connectivity index (χ4n) is 4.91. The van der Waals surface area contributed by atoms with Crippen LogP contribution in [0, 0.1) is 0 Å². The fraction of sp³-hybridized carbons (Fsp3) is 0.393. The third-order valence-electron chi connectivity index (χ3n) is 6.89. The second-order valence-electron chi connectivity index (χ2n) is 9.63. The fourth-order valence-corrected chi connectivity index (χ4v) is 6.13. The van der Waals surface area contributed by atoms with Gasteiger partial charge < -0.3 is 15.4 Å². The van der Waals surface area contributed by atoms with Crippen LogP contribution in [-0.2, 0) is 14.8 Å². The van der Waals surface area contributed by atoms with Crippen molar-refractivity contribution < 1.29 is 17.9 Å². The van der Waals surface area contributed by atoms with Crippen LogP contribution in [0.15, 0.2) is 66.1 Å². The van der Waals surface area contributed by atoms with Gasteiger partial charge in [-0.25, -0.2) is 8.42 Å². The zero-order chi connectivity index (χ0) is 26.4. The molecule has 0 spiro atoms. The van der Waals surface area contributed by atoms with Crippen molar-refractivity contribution in [2.24, 2.45) is 0 Å². The number of amides is 1. The van der Waals surface area contributed by atoms with Crippen LogP contribution in [0.2, 0.25) is 0 Å². The van der Waals surface area contributed by atoms with Gasteiger partial charge in [-0.15, -0.1) is 0 Å². The number of para-hydroxylation sites is 1. The summed E-state index contributed by atoms with van der Waals surface area (Å²) in [6, 6.07) is 11.4. The number of nitrogens with zero attached hydrogens (tertiary/aromatic N) is 2. The van der Waals surface area contributed by atoms with Crippen LogP contribution < -0.4 is 10.5 Å². The van der Waals surface area contributed by atoms with E-state index >= 15 is 0 Å². The molecule has 2 heterocycles. The van der Waals surface area contributed by atoms with Crippen LogP contribution in [0.3, 0.4) is 0 Å². The first kappa shape index (κ1) is 26.9. The minimum Gasteiger partial charge on any atom is -0.397 e. The summed E-state index contributed by atoms with van der Waals surface area (Å²) < 4.78 is 34.5. The molecule has 4 rings (SSSR count). The molecule has 1 unspecified atom stereocenters. The number of allylic oxidation sites excluding steroid dienone is 2. The van der Waals surface area contributed by atoms with E-state index in [2.05, 4.69) is 23.1 Å². The Bertz CT molecular complexity index is 1240. The normalized spacial score (nSPS) is 21.2. The number of benzene rings is 2. The first-order valence-corrected chi connectivity index (χ1v) is 14.2. The number of piperazine rings is 1. The highest BCUT2D eigenvalue weighted by Crippen LogP contribution is 2.26. The van der Waals surface area contributed by atoms with Crippen molar-refractivity contribution in [2.45, 2.75) is 43.2 Å². The zero-order valence-electron chi connectivity index (χ0n) is 21.3. The van der Waals surface area contributed by atoms with Gasteiger partial charge in [0.1, 0.15) is 4.90 Å². The Balaban J connectivity index is 1.38. The van der Waals surface area contributed by atoms with E-state index in [4.69, 9.17) is 10.5 Å². The lowest BCUT2D eigenvalue weighted by atomic mass is 10.1. The molecule has 2 aliphatic heterocycles. The van der Waals surface area contributed by atoms with E-state index in [1.807, 2.05) is 4.90 Å². The van der Waals surface area contributed by atoms with Gasteiger partial charge in [0.05, 0.1) is 11.8 Å². The minimum absolute atomic E-state index is 0.0100. The number of anilines is 2. The molecular formula is C28H36N4O4S. The second kappa shape index (κ2) is 11.9. The number of hydrogen-bond acceptors (Lipinski definition) is 6. The van der Waals surface area contributed by atoms with Crippen LogP contribution in [0.4, 0.5) is 11.4 Å². The molecule has 9 heteroatoms. The molecule has 2 fully saturated rings. The third-order valence-corrected chi connectivity index (χ3v) is 8.33. The summed E-state index contributed by atoms with van der Waals surface area (Å²) in [5.41, 5.74) is 7.74. The highest BCUT2D eigenvalue weighted by molar-refractivity contribution is 7.92. The molecule has 1 amide bonds. The Kier molecular flexibility index (Phi) is 8.68. The highest BCUT2D eigenvalue weighted by atomic mass is 32.2. The number of nitrogens with one attached hydrogen (secondary N) is 1. The second-order valence-corrected chi connectivity index (χ2v) is 11.3. The van der Waals surface area contributed by atoms with Crippen LogP contribution in [0.25, 0.3) is 6.08 Å². The van der Waals surface area contributed by atoms with Crippen molar-refractivity contribution >= 4 is 33.4 Å². The standard InChI is InChI=1S/C28H36N4O4S/c1-3-4-8-22-9-7-11-26(27(22)29)37(34,35)30-24-14-12-23(13-15-24)28(33)32-17-16-31(19-21(32)2)20-25-10-5-6-18-36-25/h3-4,7-9,11-15,21,25,30H,1,5-6,10,16-20,29H2,2H3/b8-4-/t21-,25?/m1/s1. The molecular weight excluding hydrogens is 488 g/mol. The van der Waals surface area contributed by atoms with E-state index in [0.29, 0.717) is 29.5 Å². The molecule has 0 radical (unpaired) electrons. The van der Waals surface area contributed by atoms with Crippen molar-refractivity contribution in [3.05, 3.63) is 72.3 Å². The third kappa shape index (κ3) is 6.60. The van der Waals surface area contributed by atoms with E-state index in [1.165, 1.54) is 12.5 Å². The first-order chi connectivity index (χ1) is 17.8. The molecule has 2 aromatic rings. The van der Waals surface area contributed by atoms with Gasteiger partial charge in [0.2, 0.25) is 0 Å². The number of nitrogen functional groups attached to an aromatic ring is 1. The first-order valence-electron chi connectivity index (χ1n) is 12.7. The Hall–Kier alpha value is -3.14. The summed E-state index contributed by atoms with van der Waals surface area (Å²) in [6.45, 7) is 9.72. The lowest BCUT2D eigenvalue weighted by Gasteiger charge is -2.41. The Morgan fingerprint density at radius 1 is 1.19 bits per heavy atom. The van der Waals surface area contributed by atoms with Gasteiger partial charge in [-0.05, 0) is 62.1 Å². The Morgan fingerprint density at radius 2 is 1.97 bits per heavy atom. The maximum atomic E-state index is 13.2. The zero-order valence-corrected chi connectivity index (χ0v) is 22.1. The van der Waals surface area contributed by atoms with Gasteiger partial charge in [0.25, 0.3) is 15.9 Å². The summed E-state index contributed by atoms with van der Waals surface area (Å²) in [7, 11) is -3.92. The SMILES string of the molecule is C=C/C=C\c1cccc(S(=O)(=O)Nc2ccc(C(=O)N3CCN(CC4CCCCO4)C[C@H]3C)cc2)c1N. The van der Waals surface area contributed by atoms with Crippen LogP contribution in [0.1, 0.15) is 42.1 Å². The summed E-state index contributed by atoms with van der Waals surface area (Å²) >= 11 is 0. The van der Waals surface area contributed by atoms with Crippen molar-refractivity contribution in [3.63, 3.8) is 0 Å². The monoisotopic (exact) mass is 524 g/mol. The molecule has 2 atom stereocenters. The number of carbonyl (C=O) groups is 1. The van der Waals surface area contributed by atoms with Gasteiger partial charge in [0.15, 0.2) is 0 Å². The van der Waals surface area contributed by atoms with Crippen LogP contribution >= 0.6 is 0 Å². The van der Waals surface area contributed by atoms with Gasteiger partial charge in [-0.2, -0.15) is 0 Å². The lowest BCUT2D eigenvalue weighted by molar-refractivity contribution is -0.0187. The number of rotatable bonds is 8. The van der Waals surface area contributed by atoms with Gasteiger partial charge in [-0.1, -0.05) is 36.9 Å². The van der Waals surface area contributed by atoms with Crippen molar-refractivity contribution in [3.8, 4) is 0 Å². The Labute approximate surface area is 219 Å². The van der Waals surface area contributed by atoms with Gasteiger partial charge >= 0.3 is 0 Å². The molecule has 198 valence electrons. The minimum atomic E-state index is -3.92. The van der Waals surface area contributed by atoms with Crippen molar-refractivity contribution in [2.75, 3.05) is 43.2 Å². The van der Waals surface area contributed by atoms with Crippen LogP contribution in [-0.4, -0.2) is 69.1 Å². The van der Waals surface area contributed by atoms with Crippen molar-refractivity contribution in [1.82, 2.24) is 9.80 Å². The highest BCUT2D eigenvalue weighted by Gasteiger charge is 2.30. The average molecular weight is 525 g/mol. The molecule has 0 bridgehead atoms. The van der Waals surface area contributed by atoms with Gasteiger partial charge in [0, 0.05) is 50.1 Å². The number of ether oxygens (including phenoxy) is 1. The lowest BCUT2D eigenvalue weighted by Crippen LogP contribution is -2.55. The number of sulfonamides is 1. The predicted octanol–water partition coefficient (Wildman–Crippen LogP) is 3.98. The molecule has 37 heavy (non-hydrogen) atoms. The Morgan fingerprint density at radius 3 is 2.65 bits per heavy atom. The van der Waals surface area contributed by atoms with E-state index < -0.39 is 10.0 Å². The summed E-state index contributed by atoms with van der Waals surface area (Å²) in [5, 5.41) is 0. The van der Waals surface area contributed by atoms with Gasteiger partial charge in [-0.3, -0.25) is 14.4 Å². The number of carbonyl (C=O) groups excluding carboxylic acids is 1. The summed E-state index contributed by atoms with van der Waals surface area (Å²) in [4.78, 5) is 17.5. The molecule has 3 N–H and O–H groups in total. The quantitative estimate of drug-likeness (QED) is 0.400. The van der Waals surface area contributed by atoms with E-state index in [0.717, 1.165) is 39.1 Å². The van der Waals surface area contributed by atoms with Crippen molar-refractivity contribution in [1.29, 1.82) is 0 Å². The summed E-state index contributed by atoms with van der Waals surface area (Å²) in [6.07, 6.45) is 8.75. The largest absolute Gasteiger partial charge is 0.397 e.